The molecular formula is C17H13NO3. The Bertz CT molecular complexity index is 810. The zero-order valence-corrected chi connectivity index (χ0v) is 11.4. The number of nitro groups is 1. The van der Waals surface area contributed by atoms with E-state index in [0.29, 0.717) is 0 Å². The van der Waals surface area contributed by atoms with Gasteiger partial charge in [-0.3, -0.25) is 10.1 Å². The Labute approximate surface area is 121 Å². The van der Waals surface area contributed by atoms with Gasteiger partial charge in [0.25, 0.3) is 5.69 Å². The molecule has 104 valence electrons. The molecule has 4 nitrogen and oxygen atoms in total. The molecule has 3 rings (SSSR count). The summed E-state index contributed by atoms with van der Waals surface area (Å²) in [6.45, 7) is 0. The van der Waals surface area contributed by atoms with Gasteiger partial charge in [0.2, 0.25) is 0 Å². The Balaban J connectivity index is 2.02. The van der Waals surface area contributed by atoms with Gasteiger partial charge in [-0.05, 0) is 52.2 Å². The van der Waals surface area contributed by atoms with Crippen LogP contribution in [-0.4, -0.2) is 12.0 Å². The van der Waals surface area contributed by atoms with Gasteiger partial charge < -0.3 is 4.74 Å². The fourth-order valence-electron chi connectivity index (χ4n) is 2.31. The molecule has 0 fully saturated rings. The fourth-order valence-corrected chi connectivity index (χ4v) is 2.31. The zero-order valence-electron chi connectivity index (χ0n) is 11.4. The number of ether oxygens (including phenoxy) is 1. The summed E-state index contributed by atoms with van der Waals surface area (Å²) in [6.07, 6.45) is 0. The highest BCUT2D eigenvalue weighted by molar-refractivity contribution is 5.88. The lowest BCUT2D eigenvalue weighted by Gasteiger charge is -2.06. The molecule has 0 saturated carbocycles. The minimum atomic E-state index is -0.392. The van der Waals surface area contributed by atoms with Crippen LogP contribution in [0.2, 0.25) is 0 Å². The number of hydrogen-bond acceptors (Lipinski definition) is 3. The van der Waals surface area contributed by atoms with E-state index in [0.717, 1.165) is 27.6 Å². The Morgan fingerprint density at radius 2 is 1.48 bits per heavy atom. The van der Waals surface area contributed by atoms with E-state index in [-0.39, 0.29) is 5.69 Å². The topological polar surface area (TPSA) is 52.4 Å². The van der Waals surface area contributed by atoms with E-state index in [1.807, 2.05) is 30.3 Å². The lowest BCUT2D eigenvalue weighted by Crippen LogP contribution is -1.87. The lowest BCUT2D eigenvalue weighted by molar-refractivity contribution is -0.384. The number of fused-ring (bicyclic) bond motifs is 1. The number of rotatable bonds is 3. The summed E-state index contributed by atoms with van der Waals surface area (Å²) < 4.78 is 5.21. The second-order valence-electron chi connectivity index (χ2n) is 4.73. The van der Waals surface area contributed by atoms with Crippen molar-refractivity contribution in [3.05, 3.63) is 70.8 Å². The van der Waals surface area contributed by atoms with Crippen LogP contribution in [0.15, 0.2) is 60.7 Å². The zero-order chi connectivity index (χ0) is 14.8. The molecule has 3 aromatic rings. The molecule has 0 heterocycles. The van der Waals surface area contributed by atoms with E-state index < -0.39 is 4.92 Å². The molecule has 21 heavy (non-hydrogen) atoms. The van der Waals surface area contributed by atoms with E-state index >= 15 is 0 Å². The Morgan fingerprint density at radius 1 is 0.857 bits per heavy atom. The highest BCUT2D eigenvalue weighted by atomic mass is 16.6. The summed E-state index contributed by atoms with van der Waals surface area (Å²) in [4.78, 5) is 10.3. The van der Waals surface area contributed by atoms with Crippen molar-refractivity contribution in [3.63, 3.8) is 0 Å². The first-order valence-corrected chi connectivity index (χ1v) is 6.50. The second kappa shape index (κ2) is 5.25. The molecular weight excluding hydrogens is 266 g/mol. The molecule has 0 aliphatic heterocycles. The molecule has 0 atom stereocenters. The number of nitrogens with zero attached hydrogens (tertiary/aromatic N) is 1. The maximum Gasteiger partial charge on any atom is 0.269 e. The van der Waals surface area contributed by atoms with Gasteiger partial charge >= 0.3 is 0 Å². The molecule has 0 saturated heterocycles. The van der Waals surface area contributed by atoms with Crippen molar-refractivity contribution in [2.45, 2.75) is 0 Å². The predicted octanol–water partition coefficient (Wildman–Crippen LogP) is 4.42. The minimum absolute atomic E-state index is 0.101. The standard InChI is InChI=1S/C17H13NO3/c1-21-17-9-6-14-10-13(2-3-15(14)11-17)12-4-7-16(8-5-12)18(19)20/h2-11H,1H3. The van der Waals surface area contributed by atoms with E-state index in [1.54, 1.807) is 19.2 Å². The quantitative estimate of drug-likeness (QED) is 0.526. The van der Waals surface area contributed by atoms with Crippen LogP contribution in [0.4, 0.5) is 5.69 Å². The van der Waals surface area contributed by atoms with E-state index in [1.165, 1.54) is 12.1 Å². The van der Waals surface area contributed by atoms with E-state index in [4.69, 9.17) is 4.74 Å². The largest absolute Gasteiger partial charge is 0.497 e. The van der Waals surface area contributed by atoms with Crippen LogP contribution in [0.25, 0.3) is 21.9 Å². The fraction of sp³-hybridized carbons (Fsp3) is 0.0588. The van der Waals surface area contributed by atoms with Crippen LogP contribution in [0, 0.1) is 10.1 Å². The summed E-state index contributed by atoms with van der Waals surface area (Å²) in [5.41, 5.74) is 2.09. The molecule has 0 bridgehead atoms. The number of nitro benzene ring substituents is 1. The normalized spacial score (nSPS) is 10.5. The maximum absolute atomic E-state index is 10.7. The first kappa shape index (κ1) is 13.1. The van der Waals surface area contributed by atoms with Gasteiger partial charge in [0.15, 0.2) is 0 Å². The monoisotopic (exact) mass is 279 g/mol. The molecule has 0 amide bonds. The van der Waals surface area contributed by atoms with Gasteiger partial charge in [0.05, 0.1) is 12.0 Å². The van der Waals surface area contributed by atoms with Crippen molar-refractivity contribution in [1.29, 1.82) is 0 Å². The molecule has 0 aliphatic rings. The van der Waals surface area contributed by atoms with Crippen LogP contribution >= 0.6 is 0 Å². The Morgan fingerprint density at radius 3 is 2.14 bits per heavy atom. The highest BCUT2D eigenvalue weighted by Gasteiger charge is 2.06. The molecule has 3 aromatic carbocycles. The third-order valence-corrected chi connectivity index (χ3v) is 3.46. The van der Waals surface area contributed by atoms with Crippen molar-refractivity contribution in [2.75, 3.05) is 7.11 Å². The van der Waals surface area contributed by atoms with Gasteiger partial charge in [0, 0.05) is 12.1 Å². The van der Waals surface area contributed by atoms with Crippen molar-refractivity contribution in [3.8, 4) is 16.9 Å². The van der Waals surface area contributed by atoms with Gasteiger partial charge in [-0.25, -0.2) is 0 Å². The van der Waals surface area contributed by atoms with Crippen molar-refractivity contribution >= 4 is 16.5 Å². The average Bonchev–Trinajstić information content (AvgIpc) is 2.54. The number of non-ortho nitro benzene ring substituents is 1. The van der Waals surface area contributed by atoms with Gasteiger partial charge in [-0.15, -0.1) is 0 Å². The SMILES string of the molecule is COc1ccc2cc(-c3ccc([N+](=O)[O-])cc3)ccc2c1. The van der Waals surface area contributed by atoms with Crippen LogP contribution in [0.1, 0.15) is 0 Å². The molecule has 0 unspecified atom stereocenters. The number of benzene rings is 3. The van der Waals surface area contributed by atoms with Crippen molar-refractivity contribution in [2.24, 2.45) is 0 Å². The summed E-state index contributed by atoms with van der Waals surface area (Å²) in [7, 11) is 1.65. The van der Waals surface area contributed by atoms with Crippen LogP contribution < -0.4 is 4.74 Å². The van der Waals surface area contributed by atoms with Gasteiger partial charge in [0.1, 0.15) is 5.75 Å². The first-order valence-electron chi connectivity index (χ1n) is 6.50. The first-order chi connectivity index (χ1) is 10.2. The minimum Gasteiger partial charge on any atom is -0.497 e. The Hall–Kier alpha value is -2.88. The number of hydrogen-bond donors (Lipinski definition) is 0. The van der Waals surface area contributed by atoms with Gasteiger partial charge in [-0.1, -0.05) is 18.2 Å². The molecule has 0 aromatic heterocycles. The number of methoxy groups -OCH3 is 1. The Kier molecular flexibility index (Phi) is 3.28. The third kappa shape index (κ3) is 2.56. The second-order valence-corrected chi connectivity index (χ2v) is 4.73. The average molecular weight is 279 g/mol. The van der Waals surface area contributed by atoms with Crippen molar-refractivity contribution < 1.29 is 9.66 Å². The van der Waals surface area contributed by atoms with Crippen LogP contribution in [-0.2, 0) is 0 Å². The predicted molar refractivity (Wildman–Crippen MR) is 82.6 cm³/mol. The molecule has 0 radical (unpaired) electrons. The molecule has 0 N–H and O–H groups in total. The summed E-state index contributed by atoms with van der Waals surface area (Å²) >= 11 is 0. The molecule has 4 heteroatoms. The van der Waals surface area contributed by atoms with Crippen molar-refractivity contribution in [1.82, 2.24) is 0 Å². The summed E-state index contributed by atoms with van der Waals surface area (Å²) in [6, 6.07) is 18.6. The van der Waals surface area contributed by atoms with E-state index in [2.05, 4.69) is 6.07 Å². The smallest absolute Gasteiger partial charge is 0.269 e. The van der Waals surface area contributed by atoms with E-state index in [9.17, 15) is 10.1 Å². The lowest BCUT2D eigenvalue weighted by atomic mass is 10.0. The van der Waals surface area contributed by atoms with Crippen LogP contribution in [0.5, 0.6) is 5.75 Å². The highest BCUT2D eigenvalue weighted by Crippen LogP contribution is 2.28. The summed E-state index contributed by atoms with van der Waals surface area (Å²) in [5, 5.41) is 12.9. The molecule has 0 aliphatic carbocycles. The van der Waals surface area contributed by atoms with Crippen LogP contribution in [0.3, 0.4) is 0 Å². The maximum atomic E-state index is 10.7. The molecule has 0 spiro atoms. The third-order valence-electron chi connectivity index (χ3n) is 3.46. The van der Waals surface area contributed by atoms with Gasteiger partial charge in [-0.2, -0.15) is 0 Å². The summed E-state index contributed by atoms with van der Waals surface area (Å²) in [5.74, 6) is 0.825.